The Kier molecular flexibility index (Phi) is 9.98. The minimum Gasteiger partial charge on any atom is -0.305 e. The Balaban J connectivity index is 0.000000197. The molecule has 247 valence electrons. The summed E-state index contributed by atoms with van der Waals surface area (Å²) in [5.41, 5.74) is 8.78. The Morgan fingerprint density at radius 2 is 1.29 bits per heavy atom. The predicted molar refractivity (Wildman–Crippen MR) is 206 cm³/mol. The molecular weight excluding hydrogens is 789 g/mol. The first-order chi connectivity index (χ1) is 24.3. The zero-order valence-electron chi connectivity index (χ0n) is 31.6. The van der Waals surface area contributed by atoms with E-state index in [1.165, 1.54) is 32.8 Å². The van der Waals surface area contributed by atoms with E-state index < -0.39 is 14.9 Å². The predicted octanol–water partition coefficient (Wildman–Crippen LogP) is 11.1. The fraction of sp³-hybridized carbons (Fsp3) is 0.156. The van der Waals surface area contributed by atoms with Gasteiger partial charge in [0.1, 0.15) is 0 Å². The number of aromatic nitrogens is 2. The molecule has 49 heavy (non-hydrogen) atoms. The molecule has 4 heteroatoms. The number of rotatable bonds is 6. The van der Waals surface area contributed by atoms with E-state index in [2.05, 4.69) is 141 Å². The number of hydrogen-bond donors (Lipinski definition) is 0. The van der Waals surface area contributed by atoms with Crippen LogP contribution in [0.4, 0.5) is 0 Å². The van der Waals surface area contributed by atoms with Gasteiger partial charge in [-0.2, -0.15) is 0 Å². The molecule has 7 aromatic rings. The molecule has 2 nitrogen and oxygen atoms in total. The number of pyridine rings is 2. The monoisotopic (exact) mass is 834 g/mol. The summed E-state index contributed by atoms with van der Waals surface area (Å²) in [4.78, 5) is 9.30. The van der Waals surface area contributed by atoms with Crippen LogP contribution in [0, 0.1) is 19.0 Å². The molecule has 2 aromatic heterocycles. The van der Waals surface area contributed by atoms with Gasteiger partial charge in [-0.15, -0.1) is 70.8 Å². The minimum atomic E-state index is -2.11. The SMILES string of the molecule is CC(C)(c1ccccc1)c1cc[c-]c(-c2cc3ccccc3cn2)c1.[2H]C([2H])([2H])c1c[c-]c(-c2cc(-c3ccccc3)c([Si](C)(C)C)cn2)cc1.[Ir]. The summed E-state index contributed by atoms with van der Waals surface area (Å²) in [6.07, 6.45) is 3.92. The van der Waals surface area contributed by atoms with Gasteiger partial charge in [-0.05, 0) is 49.5 Å². The summed E-state index contributed by atoms with van der Waals surface area (Å²) < 4.78 is 22.5. The van der Waals surface area contributed by atoms with Gasteiger partial charge in [-0.1, -0.05) is 137 Å². The third-order valence-corrected chi connectivity index (χ3v) is 10.8. The van der Waals surface area contributed by atoms with Gasteiger partial charge in [0, 0.05) is 36.6 Å². The largest absolute Gasteiger partial charge is 0.305 e. The fourth-order valence-electron chi connectivity index (χ4n) is 5.90. The van der Waals surface area contributed by atoms with Crippen LogP contribution in [0.2, 0.25) is 19.6 Å². The third-order valence-electron chi connectivity index (χ3n) is 8.81. The molecular formula is C45H42IrN2Si-2. The average molecular weight is 834 g/mol. The molecule has 0 bridgehead atoms. The summed E-state index contributed by atoms with van der Waals surface area (Å²) in [5, 5.41) is 3.67. The Morgan fingerprint density at radius 1 is 0.633 bits per heavy atom. The van der Waals surface area contributed by atoms with Crippen LogP contribution in [0.5, 0.6) is 0 Å². The van der Waals surface area contributed by atoms with Crippen molar-refractivity contribution in [2.24, 2.45) is 0 Å². The molecule has 0 saturated heterocycles. The number of benzene rings is 5. The zero-order chi connectivity index (χ0) is 36.2. The van der Waals surface area contributed by atoms with Gasteiger partial charge in [0.25, 0.3) is 0 Å². The van der Waals surface area contributed by atoms with Crippen molar-refractivity contribution in [3.05, 3.63) is 175 Å². The quantitative estimate of drug-likeness (QED) is 0.123. The standard InChI is InChI=1S/C24H20N.C21H22NSi.Ir/c1-24(2,21-12-4-3-5-13-21)22-14-8-11-19(15-22)23-16-18-9-6-7-10-20(18)17-25-23;1-16-10-12-18(13-11-16)20-14-19(17-8-6-5-7-9-17)21(15-22-20)23(2,3)4;/h3-10,12-17H,1-2H3;5-12,14-15H,1-4H3;/q2*-1;/i;1D3;. The van der Waals surface area contributed by atoms with E-state index in [1.807, 2.05) is 42.7 Å². The molecule has 0 unspecified atom stereocenters. The van der Waals surface area contributed by atoms with Crippen LogP contribution in [0.1, 0.15) is 34.7 Å². The van der Waals surface area contributed by atoms with E-state index in [0.717, 1.165) is 27.9 Å². The summed E-state index contributed by atoms with van der Waals surface area (Å²) in [6.45, 7) is 9.35. The van der Waals surface area contributed by atoms with Crippen molar-refractivity contribution < 1.29 is 24.2 Å². The first-order valence-corrected chi connectivity index (χ1v) is 19.8. The number of hydrogen-bond acceptors (Lipinski definition) is 2. The number of fused-ring (bicyclic) bond motifs is 1. The fourth-order valence-corrected chi connectivity index (χ4v) is 7.37. The van der Waals surface area contributed by atoms with Crippen LogP contribution in [0.15, 0.2) is 146 Å². The van der Waals surface area contributed by atoms with Crippen LogP contribution in [-0.4, -0.2) is 18.0 Å². The van der Waals surface area contributed by atoms with Gasteiger partial charge in [0.05, 0.1) is 8.07 Å². The van der Waals surface area contributed by atoms with Crippen molar-refractivity contribution in [3.8, 4) is 33.6 Å². The first-order valence-electron chi connectivity index (χ1n) is 17.8. The molecule has 0 aliphatic heterocycles. The second-order valence-electron chi connectivity index (χ2n) is 13.6. The van der Waals surface area contributed by atoms with Crippen molar-refractivity contribution >= 4 is 24.0 Å². The Bertz CT molecular complexity index is 2250. The summed E-state index contributed by atoms with van der Waals surface area (Å²) in [7, 11) is -1.57. The smallest absolute Gasteiger partial charge is 0.0803 e. The summed E-state index contributed by atoms with van der Waals surface area (Å²) in [6, 6.07) is 51.3. The van der Waals surface area contributed by atoms with E-state index in [0.29, 0.717) is 5.56 Å². The van der Waals surface area contributed by atoms with Crippen LogP contribution in [0.3, 0.4) is 0 Å². The molecule has 1 radical (unpaired) electrons. The van der Waals surface area contributed by atoms with E-state index in [4.69, 9.17) is 4.11 Å². The molecule has 2 heterocycles. The third kappa shape index (κ3) is 8.40. The zero-order valence-corrected chi connectivity index (χ0v) is 32.0. The maximum absolute atomic E-state index is 7.49. The molecule has 0 amide bonds. The number of nitrogens with zero attached hydrogens (tertiary/aromatic N) is 2. The maximum Gasteiger partial charge on any atom is 0.0803 e. The summed E-state index contributed by atoms with van der Waals surface area (Å²) in [5.74, 6) is 0. The van der Waals surface area contributed by atoms with Crippen molar-refractivity contribution in [1.29, 1.82) is 0 Å². The van der Waals surface area contributed by atoms with Crippen molar-refractivity contribution in [2.75, 3.05) is 0 Å². The topological polar surface area (TPSA) is 25.8 Å². The molecule has 0 spiro atoms. The van der Waals surface area contributed by atoms with E-state index in [1.54, 1.807) is 18.2 Å². The average Bonchev–Trinajstić information content (AvgIpc) is 3.15. The number of aryl methyl sites for hydroxylation is 1. The molecule has 0 saturated carbocycles. The van der Waals surface area contributed by atoms with Crippen molar-refractivity contribution in [2.45, 2.75) is 45.8 Å². The molecule has 7 rings (SSSR count). The Labute approximate surface area is 310 Å². The second-order valence-corrected chi connectivity index (χ2v) is 18.7. The Hall–Kier alpha value is -4.47. The van der Waals surface area contributed by atoms with Gasteiger partial charge in [0.15, 0.2) is 0 Å². The molecule has 0 aliphatic carbocycles. The van der Waals surface area contributed by atoms with E-state index in [-0.39, 0.29) is 25.5 Å². The maximum atomic E-state index is 7.49. The molecule has 0 aliphatic rings. The van der Waals surface area contributed by atoms with Crippen molar-refractivity contribution in [1.82, 2.24) is 9.97 Å². The molecule has 0 fully saturated rings. The normalized spacial score (nSPS) is 12.5. The van der Waals surface area contributed by atoms with Crippen LogP contribution < -0.4 is 5.19 Å². The first kappa shape index (κ1) is 31.8. The molecule has 0 atom stereocenters. The van der Waals surface area contributed by atoms with E-state index >= 15 is 0 Å². The second kappa shape index (κ2) is 15.4. The Morgan fingerprint density at radius 3 is 1.96 bits per heavy atom. The van der Waals surface area contributed by atoms with E-state index in [9.17, 15) is 0 Å². The van der Waals surface area contributed by atoms with Crippen LogP contribution >= 0.6 is 0 Å². The van der Waals surface area contributed by atoms with Crippen LogP contribution in [-0.2, 0) is 25.5 Å². The van der Waals surface area contributed by atoms with Gasteiger partial charge in [0.2, 0.25) is 0 Å². The van der Waals surface area contributed by atoms with Gasteiger partial charge in [-0.3, -0.25) is 0 Å². The van der Waals surface area contributed by atoms with Gasteiger partial charge < -0.3 is 9.97 Å². The molecule has 5 aromatic carbocycles. The van der Waals surface area contributed by atoms with Crippen LogP contribution in [0.25, 0.3) is 44.4 Å². The van der Waals surface area contributed by atoms with Gasteiger partial charge >= 0.3 is 0 Å². The molecule has 0 N–H and O–H groups in total. The summed E-state index contributed by atoms with van der Waals surface area (Å²) >= 11 is 0. The van der Waals surface area contributed by atoms with Gasteiger partial charge in [-0.25, -0.2) is 0 Å². The minimum absolute atomic E-state index is 0. The van der Waals surface area contributed by atoms with Crippen molar-refractivity contribution in [3.63, 3.8) is 0 Å².